The van der Waals surface area contributed by atoms with Crippen molar-refractivity contribution < 1.29 is 4.74 Å². The molecule has 3 rings (SSSR count). The Kier molecular flexibility index (Phi) is 9.85. The van der Waals surface area contributed by atoms with Crippen molar-refractivity contribution in [3.8, 4) is 5.75 Å². The van der Waals surface area contributed by atoms with Gasteiger partial charge in [-0.15, -0.1) is 6.58 Å². The number of aryl methyl sites for hydroxylation is 1. The lowest BCUT2D eigenvalue weighted by Gasteiger charge is -2.32. The number of nitrogens with zero attached hydrogens (tertiary/aromatic N) is 2. The molecule has 0 unspecified atom stereocenters. The second kappa shape index (κ2) is 12.8. The van der Waals surface area contributed by atoms with Crippen molar-refractivity contribution in [2.24, 2.45) is 0 Å². The minimum atomic E-state index is 0.709. The number of unbranched alkanes of at least 4 members (excludes halogenated alkanes) is 3. The molecule has 0 bridgehead atoms. The maximum atomic E-state index is 6.04. The number of likely N-dealkylation sites (N-methyl/N-ethyl adjacent to an activating group) is 1. The van der Waals surface area contributed by atoms with Crippen molar-refractivity contribution in [1.29, 1.82) is 0 Å². The van der Waals surface area contributed by atoms with Crippen molar-refractivity contribution in [2.45, 2.75) is 38.5 Å². The van der Waals surface area contributed by atoms with Gasteiger partial charge in [0.05, 0.1) is 6.61 Å². The molecule has 2 aromatic rings. The molecule has 6 heteroatoms. The van der Waals surface area contributed by atoms with Crippen LogP contribution in [0.1, 0.15) is 37.7 Å². The largest absolute Gasteiger partial charge is 0.494 e. The highest BCUT2D eigenvalue weighted by Crippen LogP contribution is 2.31. The minimum Gasteiger partial charge on any atom is -0.494 e. The summed E-state index contributed by atoms with van der Waals surface area (Å²) < 4.78 is 6.04. The van der Waals surface area contributed by atoms with Crippen LogP contribution in [0.3, 0.4) is 0 Å². The summed E-state index contributed by atoms with van der Waals surface area (Å²) in [5.74, 6) is 0.952. The van der Waals surface area contributed by atoms with Crippen LogP contribution in [0.25, 0.3) is 0 Å². The fraction of sp³-hybridized carbons (Fsp3) is 0.423. The van der Waals surface area contributed by atoms with E-state index in [1.807, 2.05) is 30.3 Å². The highest BCUT2D eigenvalue weighted by Gasteiger charge is 2.20. The molecule has 4 nitrogen and oxygen atoms in total. The number of fused-ring (bicyclic) bond motifs is 1. The zero-order valence-electron chi connectivity index (χ0n) is 19.0. The Morgan fingerprint density at radius 1 is 1.19 bits per heavy atom. The zero-order valence-corrected chi connectivity index (χ0v) is 20.6. The van der Waals surface area contributed by atoms with Gasteiger partial charge >= 0.3 is 0 Å². The van der Waals surface area contributed by atoms with Crippen LogP contribution in [-0.2, 0) is 6.42 Å². The van der Waals surface area contributed by atoms with Gasteiger partial charge in [-0.05, 0) is 99.5 Å². The fourth-order valence-corrected chi connectivity index (χ4v) is 4.37. The molecule has 0 aromatic heterocycles. The van der Waals surface area contributed by atoms with Gasteiger partial charge in [0.15, 0.2) is 5.11 Å². The van der Waals surface area contributed by atoms with E-state index in [-0.39, 0.29) is 0 Å². The predicted octanol–water partition coefficient (Wildman–Crippen LogP) is 6.55. The molecule has 1 heterocycles. The van der Waals surface area contributed by atoms with Crippen LogP contribution in [0, 0.1) is 0 Å². The minimum absolute atomic E-state index is 0.709. The second-order valence-electron chi connectivity index (χ2n) is 8.30. The van der Waals surface area contributed by atoms with Gasteiger partial charge in [-0.1, -0.05) is 30.5 Å². The average Bonchev–Trinajstić information content (AvgIpc) is 2.79. The summed E-state index contributed by atoms with van der Waals surface area (Å²) in [6.45, 7) is 7.55. The Morgan fingerprint density at radius 3 is 2.75 bits per heavy atom. The van der Waals surface area contributed by atoms with Crippen LogP contribution in [0.5, 0.6) is 5.75 Å². The molecular weight excluding hydrogens is 438 g/mol. The summed E-state index contributed by atoms with van der Waals surface area (Å²) in [6, 6.07) is 14.0. The molecule has 2 aromatic carbocycles. The van der Waals surface area contributed by atoms with E-state index in [4.69, 9.17) is 28.6 Å². The number of benzene rings is 2. The Hall–Kier alpha value is -2.08. The smallest absolute Gasteiger partial charge is 0.177 e. The molecule has 32 heavy (non-hydrogen) atoms. The van der Waals surface area contributed by atoms with E-state index >= 15 is 0 Å². The molecule has 172 valence electrons. The van der Waals surface area contributed by atoms with Crippen LogP contribution in [0.15, 0.2) is 55.1 Å². The number of anilines is 2. The molecule has 0 saturated carbocycles. The number of hydrogen-bond acceptors (Lipinski definition) is 3. The van der Waals surface area contributed by atoms with Crippen molar-refractivity contribution >= 4 is 40.3 Å². The van der Waals surface area contributed by atoms with Gasteiger partial charge in [0.2, 0.25) is 0 Å². The standard InChI is InChI=1S/C26H34ClN3OS/c1-3-16-29(2)17-6-4-5-7-19-31-24-14-15-25-21(20-24)9-8-18-30(25)26(32)28-23-12-10-22(27)11-13-23/h3,10-15,20H,1,4-9,16-19H2,2H3,(H,28,32). The average molecular weight is 472 g/mol. The quantitative estimate of drug-likeness (QED) is 0.228. The summed E-state index contributed by atoms with van der Waals surface area (Å²) in [5, 5.41) is 4.75. The molecule has 0 atom stereocenters. The maximum Gasteiger partial charge on any atom is 0.177 e. The molecule has 0 spiro atoms. The van der Waals surface area contributed by atoms with Gasteiger partial charge in [0.25, 0.3) is 0 Å². The van der Waals surface area contributed by atoms with Crippen molar-refractivity contribution in [3.05, 3.63) is 65.7 Å². The first-order valence-electron chi connectivity index (χ1n) is 11.5. The highest BCUT2D eigenvalue weighted by molar-refractivity contribution is 7.80. The van der Waals surface area contributed by atoms with E-state index in [1.54, 1.807) is 0 Å². The van der Waals surface area contributed by atoms with Crippen LogP contribution >= 0.6 is 23.8 Å². The van der Waals surface area contributed by atoms with Crippen LogP contribution in [0.4, 0.5) is 11.4 Å². The summed E-state index contributed by atoms with van der Waals surface area (Å²) in [4.78, 5) is 4.48. The van der Waals surface area contributed by atoms with Gasteiger partial charge < -0.3 is 19.9 Å². The van der Waals surface area contributed by atoms with Crippen LogP contribution < -0.4 is 15.0 Å². The van der Waals surface area contributed by atoms with Crippen LogP contribution in [-0.4, -0.2) is 43.3 Å². The lowest BCUT2D eigenvalue weighted by molar-refractivity contribution is 0.300. The number of thiocarbonyl (C=S) groups is 1. The summed E-state index contributed by atoms with van der Waals surface area (Å²) >= 11 is 11.7. The third kappa shape index (κ3) is 7.51. The van der Waals surface area contributed by atoms with Gasteiger partial charge in [-0.3, -0.25) is 0 Å². The van der Waals surface area contributed by atoms with Crippen molar-refractivity contribution in [2.75, 3.05) is 43.5 Å². The van der Waals surface area contributed by atoms with Gasteiger partial charge in [-0.25, -0.2) is 0 Å². The first-order chi connectivity index (χ1) is 15.6. The molecule has 0 radical (unpaired) electrons. The van der Waals surface area contributed by atoms with E-state index < -0.39 is 0 Å². The Labute approximate surface area is 203 Å². The molecule has 0 saturated heterocycles. The number of rotatable bonds is 11. The Bertz CT molecular complexity index is 887. The highest BCUT2D eigenvalue weighted by atomic mass is 35.5. The van der Waals surface area contributed by atoms with Crippen LogP contribution in [0.2, 0.25) is 5.02 Å². The SMILES string of the molecule is C=CCN(C)CCCCCCOc1ccc2c(c1)CCCN2C(=S)Nc1ccc(Cl)cc1. The third-order valence-electron chi connectivity index (χ3n) is 5.65. The second-order valence-corrected chi connectivity index (χ2v) is 9.12. The van der Waals surface area contributed by atoms with Gasteiger partial charge in [-0.2, -0.15) is 0 Å². The number of ether oxygens (including phenoxy) is 1. The molecule has 1 N–H and O–H groups in total. The van der Waals surface area contributed by atoms with Gasteiger partial charge in [0, 0.05) is 29.5 Å². The molecule has 0 fully saturated rings. The summed E-state index contributed by atoms with van der Waals surface area (Å²) in [7, 11) is 2.14. The van der Waals surface area contributed by atoms with Crippen molar-refractivity contribution in [1.82, 2.24) is 4.90 Å². The van der Waals surface area contributed by atoms with E-state index in [2.05, 4.69) is 46.9 Å². The fourth-order valence-electron chi connectivity index (χ4n) is 3.94. The predicted molar refractivity (Wildman–Crippen MR) is 141 cm³/mol. The molecule has 1 aliphatic heterocycles. The molecule has 1 aliphatic rings. The van der Waals surface area contributed by atoms with Crippen molar-refractivity contribution in [3.63, 3.8) is 0 Å². The summed E-state index contributed by atoms with van der Waals surface area (Å²) in [6.07, 6.45) is 8.82. The first-order valence-corrected chi connectivity index (χ1v) is 12.2. The normalized spacial score (nSPS) is 13.0. The number of nitrogens with one attached hydrogen (secondary N) is 1. The van der Waals surface area contributed by atoms with Gasteiger partial charge in [0.1, 0.15) is 5.75 Å². The topological polar surface area (TPSA) is 27.7 Å². The number of halogens is 1. The lowest BCUT2D eigenvalue weighted by Crippen LogP contribution is -2.38. The third-order valence-corrected chi connectivity index (χ3v) is 6.23. The monoisotopic (exact) mass is 471 g/mol. The van der Waals surface area contributed by atoms with E-state index in [0.29, 0.717) is 10.1 Å². The molecular formula is C26H34ClN3OS. The first kappa shape index (κ1) is 24.6. The lowest BCUT2D eigenvalue weighted by atomic mass is 10.0. The van der Waals surface area contributed by atoms with E-state index in [1.165, 1.54) is 30.5 Å². The van der Waals surface area contributed by atoms with E-state index in [9.17, 15) is 0 Å². The van der Waals surface area contributed by atoms with E-state index in [0.717, 1.165) is 56.9 Å². The Balaban J connectivity index is 1.45. The number of hydrogen-bond donors (Lipinski definition) is 1. The summed E-state index contributed by atoms with van der Waals surface area (Å²) in [5.41, 5.74) is 3.40. The molecule has 0 amide bonds. The molecule has 0 aliphatic carbocycles. The Morgan fingerprint density at radius 2 is 1.97 bits per heavy atom. The maximum absolute atomic E-state index is 6.04. The zero-order chi connectivity index (χ0) is 22.8.